The van der Waals surface area contributed by atoms with Crippen LogP contribution in [0.1, 0.15) is 81.1 Å². The van der Waals surface area contributed by atoms with Crippen LogP contribution in [0.3, 0.4) is 0 Å². The summed E-state index contributed by atoms with van der Waals surface area (Å²) in [5, 5.41) is 34.7. The highest BCUT2D eigenvalue weighted by Gasteiger charge is 2.70. The normalized spacial score (nSPS) is 49.3. The molecule has 1 heterocycles. The Morgan fingerprint density at radius 1 is 1.05 bits per heavy atom. The standard InChI is InChI=1S/C32H46O8/c1-16(33)39-27-17(13-19(34)26(38)29(4,5)40-27)18-9-10-21-31(18,7)15-20(35)25-30(6)12-11-23(36)28(2,3)22(30)14-24(37)32(21,25)8/h10-12,17-18,20,22,24-27,35,37-38H,9,13-15H2,1-8H3. The average molecular weight is 559 g/mol. The third-order valence-corrected chi connectivity index (χ3v) is 11.9. The van der Waals surface area contributed by atoms with Crippen molar-refractivity contribution < 1.29 is 39.2 Å². The fourth-order valence-electron chi connectivity index (χ4n) is 10.0. The number of Topliss-reactive ketones (excluding diaryl/α,β-unsaturated/α-hetero) is 1. The fraction of sp³-hybridized carbons (Fsp3) is 0.781. The van der Waals surface area contributed by atoms with Crippen LogP contribution in [0.25, 0.3) is 0 Å². The van der Waals surface area contributed by atoms with Crippen LogP contribution in [-0.2, 0) is 23.9 Å². The van der Waals surface area contributed by atoms with Crippen molar-refractivity contribution in [2.45, 2.75) is 111 Å². The molecule has 0 aromatic heterocycles. The lowest BCUT2D eigenvalue weighted by molar-refractivity contribution is -0.241. The molecule has 11 unspecified atom stereocenters. The number of hydrogen-bond donors (Lipinski definition) is 3. The van der Waals surface area contributed by atoms with E-state index in [0.717, 1.165) is 5.57 Å². The van der Waals surface area contributed by atoms with Gasteiger partial charge in [-0.2, -0.15) is 0 Å². The zero-order valence-corrected chi connectivity index (χ0v) is 25.1. The van der Waals surface area contributed by atoms with Gasteiger partial charge in [0.25, 0.3) is 0 Å². The number of fused-ring (bicyclic) bond motifs is 5. The lowest BCUT2D eigenvalue weighted by atomic mass is 9.37. The monoisotopic (exact) mass is 558 g/mol. The van der Waals surface area contributed by atoms with E-state index < -0.39 is 63.8 Å². The molecule has 5 aliphatic rings. The molecule has 0 spiro atoms. The minimum Gasteiger partial charge on any atom is -0.436 e. The number of carbonyl (C=O) groups is 3. The third-order valence-electron chi connectivity index (χ3n) is 11.9. The molecule has 11 atom stereocenters. The Labute approximate surface area is 237 Å². The van der Waals surface area contributed by atoms with Gasteiger partial charge in [0.1, 0.15) is 6.10 Å². The van der Waals surface area contributed by atoms with Gasteiger partial charge in [-0.05, 0) is 61.9 Å². The lowest BCUT2D eigenvalue weighted by Gasteiger charge is -2.67. The molecule has 3 fully saturated rings. The summed E-state index contributed by atoms with van der Waals surface area (Å²) in [6.07, 6.45) is 3.15. The number of hydrogen-bond acceptors (Lipinski definition) is 8. The van der Waals surface area contributed by atoms with E-state index in [1.54, 1.807) is 19.9 Å². The molecular weight excluding hydrogens is 512 g/mol. The van der Waals surface area contributed by atoms with E-state index in [0.29, 0.717) is 19.3 Å². The van der Waals surface area contributed by atoms with E-state index in [1.165, 1.54) is 6.92 Å². The molecule has 0 aromatic carbocycles. The van der Waals surface area contributed by atoms with E-state index >= 15 is 0 Å². The van der Waals surface area contributed by atoms with Crippen LogP contribution in [0.15, 0.2) is 23.8 Å². The van der Waals surface area contributed by atoms with Crippen molar-refractivity contribution in [3.05, 3.63) is 23.8 Å². The van der Waals surface area contributed by atoms with Gasteiger partial charge >= 0.3 is 5.97 Å². The summed E-state index contributed by atoms with van der Waals surface area (Å²) in [5.41, 5.74) is -2.77. The highest BCUT2D eigenvalue weighted by atomic mass is 16.7. The van der Waals surface area contributed by atoms with Crippen LogP contribution in [0.2, 0.25) is 0 Å². The quantitative estimate of drug-likeness (QED) is 0.347. The zero-order valence-electron chi connectivity index (χ0n) is 25.1. The smallest absolute Gasteiger partial charge is 0.304 e. The van der Waals surface area contributed by atoms with Crippen LogP contribution >= 0.6 is 0 Å². The SMILES string of the molecule is CC(=O)OC1OC(C)(C)C(O)C(=O)CC1C1CC=C2C1(C)CC(O)C1C3(C)C=CC(=O)C(C)(C)C3CC(O)C21C. The van der Waals surface area contributed by atoms with Crippen molar-refractivity contribution in [2.75, 3.05) is 0 Å². The van der Waals surface area contributed by atoms with Crippen LogP contribution < -0.4 is 0 Å². The van der Waals surface area contributed by atoms with Gasteiger partial charge in [-0.1, -0.05) is 52.3 Å². The first-order chi connectivity index (χ1) is 18.3. The van der Waals surface area contributed by atoms with Gasteiger partial charge in [0.05, 0.1) is 17.8 Å². The summed E-state index contributed by atoms with van der Waals surface area (Å²) in [7, 11) is 0. The number of ether oxygens (including phenoxy) is 2. The van der Waals surface area contributed by atoms with Crippen LogP contribution in [0.5, 0.6) is 0 Å². The topological polar surface area (TPSA) is 130 Å². The summed E-state index contributed by atoms with van der Waals surface area (Å²) in [6.45, 7) is 14.6. The second-order valence-electron chi connectivity index (χ2n) is 14.9. The fourth-order valence-corrected chi connectivity index (χ4v) is 10.0. The molecule has 5 rings (SSSR count). The summed E-state index contributed by atoms with van der Waals surface area (Å²) >= 11 is 0. The number of ketones is 2. The Morgan fingerprint density at radius 2 is 1.70 bits per heavy atom. The zero-order chi connectivity index (χ0) is 29.8. The Morgan fingerprint density at radius 3 is 2.33 bits per heavy atom. The molecule has 40 heavy (non-hydrogen) atoms. The number of aliphatic hydroxyl groups is 3. The number of carbonyl (C=O) groups excluding carboxylic acids is 3. The van der Waals surface area contributed by atoms with Gasteiger partial charge in [0, 0.05) is 36.0 Å². The van der Waals surface area contributed by atoms with Crippen LogP contribution in [-0.4, -0.2) is 63.1 Å². The Balaban J connectivity index is 1.57. The molecule has 0 radical (unpaired) electrons. The molecule has 4 aliphatic carbocycles. The second kappa shape index (κ2) is 9.06. The maximum absolute atomic E-state index is 13.2. The van der Waals surface area contributed by atoms with Gasteiger partial charge in [0.2, 0.25) is 6.29 Å². The Bertz CT molecular complexity index is 1180. The largest absolute Gasteiger partial charge is 0.436 e. The summed E-state index contributed by atoms with van der Waals surface area (Å²) in [5.74, 6) is -2.10. The first-order valence-electron chi connectivity index (χ1n) is 14.7. The minimum atomic E-state index is -1.36. The van der Waals surface area contributed by atoms with E-state index in [4.69, 9.17) is 9.47 Å². The average Bonchev–Trinajstić information content (AvgIpc) is 3.14. The molecule has 1 aliphatic heterocycles. The molecule has 0 bridgehead atoms. The number of esters is 1. The summed E-state index contributed by atoms with van der Waals surface area (Å²) in [6, 6.07) is 0. The predicted octanol–water partition coefficient (Wildman–Crippen LogP) is 3.51. The van der Waals surface area contributed by atoms with Crippen molar-refractivity contribution in [2.24, 2.45) is 45.3 Å². The molecule has 8 heteroatoms. The van der Waals surface area contributed by atoms with E-state index in [-0.39, 0.29) is 35.7 Å². The van der Waals surface area contributed by atoms with Crippen molar-refractivity contribution in [1.29, 1.82) is 0 Å². The maximum Gasteiger partial charge on any atom is 0.304 e. The van der Waals surface area contributed by atoms with E-state index in [1.807, 2.05) is 26.8 Å². The first-order valence-corrected chi connectivity index (χ1v) is 14.7. The molecule has 8 nitrogen and oxygen atoms in total. The van der Waals surface area contributed by atoms with E-state index in [2.05, 4.69) is 19.9 Å². The molecule has 2 saturated carbocycles. The first kappa shape index (κ1) is 29.6. The highest BCUT2D eigenvalue weighted by molar-refractivity contribution is 5.95. The van der Waals surface area contributed by atoms with Gasteiger partial charge < -0.3 is 24.8 Å². The molecule has 3 N–H and O–H groups in total. The van der Waals surface area contributed by atoms with Crippen molar-refractivity contribution >= 4 is 17.5 Å². The second-order valence-corrected chi connectivity index (χ2v) is 14.9. The van der Waals surface area contributed by atoms with Crippen molar-refractivity contribution in [1.82, 2.24) is 0 Å². The van der Waals surface area contributed by atoms with Gasteiger partial charge in [-0.3, -0.25) is 14.4 Å². The molecule has 1 saturated heterocycles. The Kier molecular flexibility index (Phi) is 6.71. The van der Waals surface area contributed by atoms with Crippen molar-refractivity contribution in [3.63, 3.8) is 0 Å². The van der Waals surface area contributed by atoms with Crippen LogP contribution in [0.4, 0.5) is 0 Å². The predicted molar refractivity (Wildman–Crippen MR) is 147 cm³/mol. The number of aliphatic hydroxyl groups excluding tert-OH is 3. The molecular formula is C32H46O8. The van der Waals surface area contributed by atoms with Crippen molar-refractivity contribution in [3.8, 4) is 0 Å². The lowest BCUT2D eigenvalue weighted by Crippen LogP contribution is -2.67. The van der Waals surface area contributed by atoms with Gasteiger partial charge in [-0.25, -0.2) is 0 Å². The highest BCUT2D eigenvalue weighted by Crippen LogP contribution is 2.72. The Hall–Kier alpha value is -1.87. The van der Waals surface area contributed by atoms with Gasteiger partial charge in [-0.15, -0.1) is 0 Å². The number of allylic oxidation sites excluding steroid dienone is 3. The van der Waals surface area contributed by atoms with Crippen LogP contribution in [0, 0.1) is 45.3 Å². The molecule has 0 aromatic rings. The van der Waals surface area contributed by atoms with E-state index in [9.17, 15) is 29.7 Å². The maximum atomic E-state index is 13.2. The third kappa shape index (κ3) is 3.89. The minimum absolute atomic E-state index is 0.0263. The number of rotatable bonds is 2. The summed E-state index contributed by atoms with van der Waals surface area (Å²) < 4.78 is 11.8. The molecule has 222 valence electrons. The summed E-state index contributed by atoms with van der Waals surface area (Å²) in [4.78, 5) is 38.2. The molecule has 0 amide bonds. The van der Waals surface area contributed by atoms with Gasteiger partial charge in [0.15, 0.2) is 11.6 Å².